The van der Waals surface area contributed by atoms with E-state index in [-0.39, 0.29) is 12.2 Å². The summed E-state index contributed by atoms with van der Waals surface area (Å²) in [7, 11) is -1.05. The molecule has 1 rings (SSSR count). The zero-order valence-corrected chi connectivity index (χ0v) is 17.4. The lowest BCUT2D eigenvalue weighted by Crippen LogP contribution is -2.48. The topological polar surface area (TPSA) is 27.7 Å². The lowest BCUT2D eigenvalue weighted by atomic mass is 10.1. The summed E-state index contributed by atoms with van der Waals surface area (Å²) in [5, 5.41) is 0. The Morgan fingerprint density at radius 2 is 1.35 bits per heavy atom. The van der Waals surface area contributed by atoms with Crippen LogP contribution in [0.25, 0.3) is 0 Å². The number of benzene rings is 1. The summed E-state index contributed by atoms with van der Waals surface area (Å²) in [5.41, 5.74) is 0.480. The van der Waals surface area contributed by atoms with Crippen molar-refractivity contribution in [1.29, 1.82) is 0 Å². The molecule has 0 fully saturated rings. The van der Waals surface area contributed by atoms with Gasteiger partial charge in [-0.1, -0.05) is 12.8 Å². The molecule has 0 aromatic heterocycles. The Balaban J connectivity index is 2.41. The van der Waals surface area contributed by atoms with Crippen molar-refractivity contribution in [2.24, 2.45) is 0 Å². The molecule has 0 aliphatic carbocycles. The fourth-order valence-corrected chi connectivity index (χ4v) is 5.65. The molecule has 0 radical (unpaired) electrons. The maximum atomic E-state index is 13.2. The van der Waals surface area contributed by atoms with E-state index in [0.717, 1.165) is 43.9 Å². The van der Waals surface area contributed by atoms with Crippen LogP contribution in [-0.2, 0) is 19.7 Å². The summed E-state index contributed by atoms with van der Waals surface area (Å²) in [5.74, 6) is -3.68. The van der Waals surface area contributed by atoms with Crippen molar-refractivity contribution in [3.63, 3.8) is 0 Å². The molecule has 7 heteroatoms. The number of hydrogen-bond donors (Lipinski definition) is 0. The zero-order valence-electron chi connectivity index (χ0n) is 16.4. The average molecular weight is 393 g/mol. The Hall–Kier alpha value is -0.893. The molecule has 1 aromatic rings. The second-order valence-corrected chi connectivity index (χ2v) is 9.75. The van der Waals surface area contributed by atoms with Gasteiger partial charge in [-0.3, -0.25) is 0 Å². The highest BCUT2D eigenvalue weighted by Crippen LogP contribution is 2.23. The van der Waals surface area contributed by atoms with Crippen molar-refractivity contribution in [1.82, 2.24) is 0 Å². The molecule has 1 aromatic carbocycles. The van der Waals surface area contributed by atoms with Crippen molar-refractivity contribution in [3.05, 3.63) is 35.1 Å². The van der Waals surface area contributed by atoms with Crippen molar-refractivity contribution < 1.29 is 26.4 Å². The quantitative estimate of drug-likeness (QED) is 0.262. The van der Waals surface area contributed by atoms with Gasteiger partial charge in [0.1, 0.15) is 0 Å². The van der Waals surface area contributed by atoms with Crippen molar-refractivity contribution in [3.8, 4) is 0 Å². The van der Waals surface area contributed by atoms with Crippen LogP contribution in [0.3, 0.4) is 0 Å². The molecule has 0 aliphatic rings. The third kappa shape index (κ3) is 7.78. The molecule has 150 valence electrons. The van der Waals surface area contributed by atoms with Crippen molar-refractivity contribution in [2.45, 2.75) is 78.1 Å². The van der Waals surface area contributed by atoms with E-state index in [0.29, 0.717) is 12.0 Å². The van der Waals surface area contributed by atoms with E-state index < -0.39 is 26.3 Å². The minimum absolute atomic E-state index is 0.0311. The van der Waals surface area contributed by atoms with Gasteiger partial charge >= 0.3 is 8.80 Å². The van der Waals surface area contributed by atoms with Crippen LogP contribution in [0.15, 0.2) is 12.1 Å². The first-order chi connectivity index (χ1) is 12.2. The zero-order chi connectivity index (χ0) is 19.7. The fourth-order valence-electron chi connectivity index (χ4n) is 2.84. The Bertz CT molecular complexity index is 520. The molecule has 0 amide bonds. The first kappa shape index (κ1) is 23.1. The van der Waals surface area contributed by atoms with Gasteiger partial charge in [-0.25, -0.2) is 13.2 Å². The molecule has 0 heterocycles. The summed E-state index contributed by atoms with van der Waals surface area (Å²) < 4.78 is 57.0. The monoisotopic (exact) mass is 392 g/mol. The van der Waals surface area contributed by atoms with Gasteiger partial charge in [0.25, 0.3) is 0 Å². The number of aryl methyl sites for hydroxylation is 1. The number of rotatable bonds is 12. The van der Waals surface area contributed by atoms with E-state index in [2.05, 4.69) is 0 Å². The summed E-state index contributed by atoms with van der Waals surface area (Å²) >= 11 is 0. The van der Waals surface area contributed by atoms with Crippen LogP contribution >= 0.6 is 0 Å². The summed E-state index contributed by atoms with van der Waals surface area (Å²) in [6.07, 6.45) is 4.10. The van der Waals surface area contributed by atoms with E-state index >= 15 is 0 Å². The van der Waals surface area contributed by atoms with E-state index in [4.69, 9.17) is 13.3 Å². The highest BCUT2D eigenvalue weighted by Gasteiger charge is 2.41. The van der Waals surface area contributed by atoms with Gasteiger partial charge in [0.15, 0.2) is 17.5 Å². The van der Waals surface area contributed by atoms with E-state index in [1.54, 1.807) is 7.11 Å². The second-order valence-electron chi connectivity index (χ2n) is 7.01. The van der Waals surface area contributed by atoms with E-state index in [1.807, 2.05) is 27.7 Å². The van der Waals surface area contributed by atoms with Crippen LogP contribution < -0.4 is 0 Å². The summed E-state index contributed by atoms with van der Waals surface area (Å²) in [6, 6.07) is 2.86. The Kier molecular flexibility index (Phi) is 9.85. The van der Waals surface area contributed by atoms with Crippen molar-refractivity contribution in [2.75, 3.05) is 7.11 Å². The Morgan fingerprint density at radius 3 is 1.81 bits per heavy atom. The molecule has 0 bridgehead atoms. The molecule has 0 N–H and O–H groups in total. The molecule has 0 atom stereocenters. The highest BCUT2D eigenvalue weighted by atomic mass is 28.4. The van der Waals surface area contributed by atoms with Gasteiger partial charge in [0.2, 0.25) is 0 Å². The molecule has 0 saturated heterocycles. The summed E-state index contributed by atoms with van der Waals surface area (Å²) in [4.78, 5) is 0. The first-order valence-electron chi connectivity index (χ1n) is 9.23. The maximum Gasteiger partial charge on any atom is 0.501 e. The number of hydrogen-bond acceptors (Lipinski definition) is 3. The molecule has 0 saturated carbocycles. The highest BCUT2D eigenvalue weighted by molar-refractivity contribution is 6.60. The average Bonchev–Trinajstić information content (AvgIpc) is 2.54. The molecular weight excluding hydrogens is 361 g/mol. The van der Waals surface area contributed by atoms with Gasteiger partial charge < -0.3 is 13.3 Å². The van der Waals surface area contributed by atoms with Gasteiger partial charge in [0, 0.05) is 25.4 Å². The smallest absolute Gasteiger partial charge is 0.377 e. The Morgan fingerprint density at radius 1 is 0.846 bits per heavy atom. The standard InChI is InChI=1S/C19H31F3O3Si/c1-14(2)24-26(23-5,25-15(3)4)11-9-7-6-8-10-16-12-17(20)19(22)18(21)13-16/h12-15H,6-11H2,1-5H3. The summed E-state index contributed by atoms with van der Waals surface area (Å²) in [6.45, 7) is 7.85. The minimum atomic E-state index is -2.68. The van der Waals surface area contributed by atoms with Crippen LogP contribution in [0.2, 0.25) is 6.04 Å². The first-order valence-corrected chi connectivity index (χ1v) is 11.2. The molecule has 0 aliphatic heterocycles. The number of unbranched alkanes of at least 4 members (excludes halogenated alkanes) is 3. The minimum Gasteiger partial charge on any atom is -0.377 e. The molecular formula is C19H31F3O3Si. The third-order valence-corrected chi connectivity index (χ3v) is 7.13. The van der Waals surface area contributed by atoms with Crippen LogP contribution in [0.1, 0.15) is 58.9 Å². The maximum absolute atomic E-state index is 13.2. The lowest BCUT2D eigenvalue weighted by Gasteiger charge is -2.31. The molecule has 3 nitrogen and oxygen atoms in total. The second kappa shape index (κ2) is 11.1. The largest absolute Gasteiger partial charge is 0.501 e. The fraction of sp³-hybridized carbons (Fsp3) is 0.684. The number of halogens is 3. The predicted molar refractivity (Wildman–Crippen MR) is 98.5 cm³/mol. The van der Waals surface area contributed by atoms with Crippen LogP contribution in [0, 0.1) is 17.5 Å². The van der Waals surface area contributed by atoms with Gasteiger partial charge in [0.05, 0.1) is 0 Å². The molecule has 0 unspecified atom stereocenters. The third-order valence-electron chi connectivity index (χ3n) is 3.88. The van der Waals surface area contributed by atoms with Gasteiger partial charge in [-0.2, -0.15) is 0 Å². The van der Waals surface area contributed by atoms with E-state index in [1.165, 1.54) is 0 Å². The van der Waals surface area contributed by atoms with Gasteiger partial charge in [-0.05, 0) is 64.7 Å². The molecule has 0 spiro atoms. The van der Waals surface area contributed by atoms with Gasteiger partial charge in [-0.15, -0.1) is 0 Å². The SMILES string of the molecule is CO[Si](CCCCCCc1cc(F)c(F)c(F)c1)(OC(C)C)OC(C)C. The van der Waals surface area contributed by atoms with Crippen LogP contribution in [0.4, 0.5) is 13.2 Å². The van der Waals surface area contributed by atoms with Crippen molar-refractivity contribution >= 4 is 8.80 Å². The predicted octanol–water partition coefficient (Wildman–Crippen LogP) is 5.64. The molecule has 26 heavy (non-hydrogen) atoms. The Labute approximate surface area is 156 Å². The van der Waals surface area contributed by atoms with Crippen LogP contribution in [0.5, 0.6) is 0 Å². The lowest BCUT2D eigenvalue weighted by molar-refractivity contribution is 0.0323. The van der Waals surface area contributed by atoms with Crippen LogP contribution in [-0.4, -0.2) is 28.1 Å². The normalized spacial score (nSPS) is 12.4. The van der Waals surface area contributed by atoms with E-state index in [9.17, 15) is 13.2 Å².